The second-order valence-electron chi connectivity index (χ2n) is 7.34. The summed E-state index contributed by atoms with van der Waals surface area (Å²) in [7, 11) is 2.12. The van der Waals surface area contributed by atoms with Crippen molar-refractivity contribution in [3.63, 3.8) is 0 Å². The predicted octanol–water partition coefficient (Wildman–Crippen LogP) is 2.58. The number of aliphatic hydroxyl groups excluding tert-OH is 1. The molecule has 0 bridgehead atoms. The van der Waals surface area contributed by atoms with Gasteiger partial charge in [-0.25, -0.2) is 0 Å². The molecule has 4 nitrogen and oxygen atoms in total. The van der Waals surface area contributed by atoms with Crippen molar-refractivity contribution in [2.24, 2.45) is 5.41 Å². The Morgan fingerprint density at radius 2 is 2.04 bits per heavy atom. The van der Waals surface area contributed by atoms with E-state index < -0.39 is 0 Å². The average molecular weight is 351 g/mol. The number of likely N-dealkylation sites (tertiary alicyclic amines) is 2. The second-order valence-corrected chi connectivity index (χ2v) is 7.77. The lowest BCUT2D eigenvalue weighted by atomic mass is 9.69. The van der Waals surface area contributed by atoms with Gasteiger partial charge >= 0.3 is 0 Å². The molecular weight excluding hydrogens is 324 g/mol. The van der Waals surface area contributed by atoms with Gasteiger partial charge in [0.2, 0.25) is 5.91 Å². The highest BCUT2D eigenvalue weighted by Crippen LogP contribution is 2.41. The first kappa shape index (κ1) is 17.7. The zero-order valence-electron chi connectivity index (χ0n) is 14.4. The quantitative estimate of drug-likeness (QED) is 0.907. The van der Waals surface area contributed by atoms with Crippen molar-refractivity contribution in [3.8, 4) is 0 Å². The predicted molar refractivity (Wildman–Crippen MR) is 96.1 cm³/mol. The number of piperidine rings is 2. The van der Waals surface area contributed by atoms with Crippen molar-refractivity contribution in [2.75, 3.05) is 33.3 Å². The lowest BCUT2D eigenvalue weighted by Crippen LogP contribution is -2.62. The summed E-state index contributed by atoms with van der Waals surface area (Å²) >= 11 is 5.90. The number of aryl methyl sites for hydroxylation is 1. The number of aliphatic hydroxyl groups is 1. The highest BCUT2D eigenvalue weighted by atomic mass is 35.5. The van der Waals surface area contributed by atoms with E-state index in [0.717, 1.165) is 55.9 Å². The fourth-order valence-corrected chi connectivity index (χ4v) is 4.43. The summed E-state index contributed by atoms with van der Waals surface area (Å²) in [5.41, 5.74) is 1.13. The molecule has 5 heteroatoms. The van der Waals surface area contributed by atoms with Gasteiger partial charge in [-0.15, -0.1) is 0 Å². The minimum Gasteiger partial charge on any atom is -0.396 e. The van der Waals surface area contributed by atoms with E-state index in [9.17, 15) is 9.90 Å². The fraction of sp³-hybridized carbons (Fsp3) is 0.632. The van der Waals surface area contributed by atoms with Gasteiger partial charge in [0.15, 0.2) is 0 Å². The molecule has 2 fully saturated rings. The number of hydrogen-bond acceptors (Lipinski definition) is 3. The van der Waals surface area contributed by atoms with E-state index in [0.29, 0.717) is 6.42 Å². The van der Waals surface area contributed by atoms with Crippen molar-refractivity contribution in [3.05, 3.63) is 34.9 Å². The molecule has 1 N–H and O–H groups in total. The SMILES string of the molecule is CN1CCC[C@]2(CO)CCN(C(=O)CCc3ccc(Cl)cc3)C[C@@H]12. The third-order valence-corrected chi connectivity index (χ3v) is 6.16. The maximum atomic E-state index is 12.6. The van der Waals surface area contributed by atoms with Crippen molar-refractivity contribution in [1.29, 1.82) is 0 Å². The molecular formula is C19H27ClN2O2. The molecule has 0 radical (unpaired) electrons. The summed E-state index contributed by atoms with van der Waals surface area (Å²) < 4.78 is 0. The molecule has 24 heavy (non-hydrogen) atoms. The van der Waals surface area contributed by atoms with Crippen molar-refractivity contribution < 1.29 is 9.90 Å². The summed E-state index contributed by atoms with van der Waals surface area (Å²) in [5.74, 6) is 0.218. The summed E-state index contributed by atoms with van der Waals surface area (Å²) in [6.45, 7) is 2.80. The number of amides is 1. The van der Waals surface area contributed by atoms with Crippen LogP contribution in [0.15, 0.2) is 24.3 Å². The Hall–Kier alpha value is -1.10. The monoisotopic (exact) mass is 350 g/mol. The molecule has 2 aliphatic heterocycles. The first-order valence-electron chi connectivity index (χ1n) is 8.87. The van der Waals surface area contributed by atoms with Gasteiger partial charge in [0.1, 0.15) is 0 Å². The Morgan fingerprint density at radius 3 is 2.75 bits per heavy atom. The molecule has 0 spiro atoms. The van der Waals surface area contributed by atoms with E-state index in [1.807, 2.05) is 29.2 Å². The van der Waals surface area contributed by atoms with Crippen LogP contribution in [-0.4, -0.2) is 60.1 Å². The lowest BCUT2D eigenvalue weighted by molar-refractivity contribution is -0.139. The van der Waals surface area contributed by atoms with E-state index in [1.165, 1.54) is 0 Å². The van der Waals surface area contributed by atoms with Gasteiger partial charge in [0.25, 0.3) is 0 Å². The molecule has 3 rings (SSSR count). The topological polar surface area (TPSA) is 43.8 Å². The summed E-state index contributed by atoms with van der Waals surface area (Å²) in [4.78, 5) is 17.0. The van der Waals surface area contributed by atoms with Gasteiger partial charge in [-0.1, -0.05) is 23.7 Å². The van der Waals surface area contributed by atoms with Crippen LogP contribution in [0.3, 0.4) is 0 Å². The van der Waals surface area contributed by atoms with Gasteiger partial charge in [-0.2, -0.15) is 0 Å². The highest BCUT2D eigenvalue weighted by molar-refractivity contribution is 6.30. The van der Waals surface area contributed by atoms with Crippen molar-refractivity contribution >= 4 is 17.5 Å². The molecule has 1 amide bonds. The number of carbonyl (C=O) groups is 1. The van der Waals surface area contributed by atoms with Gasteiger partial charge < -0.3 is 14.9 Å². The van der Waals surface area contributed by atoms with Crippen LogP contribution >= 0.6 is 11.6 Å². The molecule has 132 valence electrons. The smallest absolute Gasteiger partial charge is 0.222 e. The van der Waals surface area contributed by atoms with Crippen LogP contribution in [0.1, 0.15) is 31.2 Å². The number of rotatable bonds is 4. The average Bonchev–Trinajstić information content (AvgIpc) is 2.61. The van der Waals surface area contributed by atoms with Gasteiger partial charge in [-0.3, -0.25) is 4.79 Å². The number of fused-ring (bicyclic) bond motifs is 1. The van der Waals surface area contributed by atoms with E-state index in [1.54, 1.807) is 0 Å². The zero-order valence-corrected chi connectivity index (χ0v) is 15.1. The molecule has 2 atom stereocenters. The van der Waals surface area contributed by atoms with E-state index >= 15 is 0 Å². The normalized spacial score (nSPS) is 27.8. The highest BCUT2D eigenvalue weighted by Gasteiger charge is 2.47. The van der Waals surface area contributed by atoms with Crippen molar-refractivity contribution in [2.45, 2.75) is 38.1 Å². The molecule has 0 unspecified atom stereocenters. The Morgan fingerprint density at radius 1 is 1.29 bits per heavy atom. The Bertz CT molecular complexity index is 577. The van der Waals surface area contributed by atoms with Crippen LogP contribution < -0.4 is 0 Å². The number of hydrogen-bond donors (Lipinski definition) is 1. The Kier molecular flexibility index (Phi) is 5.48. The summed E-state index contributed by atoms with van der Waals surface area (Å²) in [6.07, 6.45) is 4.40. The van der Waals surface area contributed by atoms with E-state index in [4.69, 9.17) is 11.6 Å². The summed E-state index contributed by atoms with van der Waals surface area (Å²) in [5, 5.41) is 10.7. The maximum Gasteiger partial charge on any atom is 0.222 e. The second kappa shape index (κ2) is 7.42. The van der Waals surface area contributed by atoms with E-state index in [2.05, 4.69) is 11.9 Å². The molecule has 0 aromatic heterocycles. The van der Waals surface area contributed by atoms with Crippen LogP contribution in [-0.2, 0) is 11.2 Å². The molecule has 2 saturated heterocycles. The molecule has 0 aliphatic carbocycles. The van der Waals surface area contributed by atoms with Crippen LogP contribution in [0.2, 0.25) is 5.02 Å². The van der Waals surface area contributed by atoms with E-state index in [-0.39, 0.29) is 24.0 Å². The first-order valence-corrected chi connectivity index (χ1v) is 9.25. The lowest BCUT2D eigenvalue weighted by Gasteiger charge is -2.53. The first-order chi connectivity index (χ1) is 11.5. The Labute approximate surface area is 149 Å². The third-order valence-electron chi connectivity index (χ3n) is 5.91. The number of likely N-dealkylation sites (N-methyl/N-ethyl adjacent to an activating group) is 1. The summed E-state index contributed by atoms with van der Waals surface area (Å²) in [6, 6.07) is 7.99. The fourth-order valence-electron chi connectivity index (χ4n) is 4.30. The van der Waals surface area contributed by atoms with Crippen LogP contribution in [0.25, 0.3) is 0 Å². The largest absolute Gasteiger partial charge is 0.396 e. The van der Waals surface area contributed by atoms with Crippen molar-refractivity contribution in [1.82, 2.24) is 9.80 Å². The minimum atomic E-state index is -0.0139. The number of carbonyl (C=O) groups excluding carboxylic acids is 1. The number of benzene rings is 1. The third kappa shape index (κ3) is 3.61. The maximum absolute atomic E-state index is 12.6. The number of nitrogens with zero attached hydrogens (tertiary/aromatic N) is 2. The van der Waals surface area contributed by atoms with Gasteiger partial charge in [0, 0.05) is 36.0 Å². The Balaban J connectivity index is 1.59. The number of halogens is 1. The zero-order chi connectivity index (χ0) is 17.2. The molecule has 0 saturated carbocycles. The van der Waals surface area contributed by atoms with Gasteiger partial charge in [-0.05, 0) is 57.0 Å². The molecule has 2 aliphatic rings. The van der Waals surface area contributed by atoms with Crippen LogP contribution in [0, 0.1) is 5.41 Å². The van der Waals surface area contributed by atoms with Crippen LogP contribution in [0.5, 0.6) is 0 Å². The molecule has 1 aromatic carbocycles. The minimum absolute atomic E-state index is 0.0139. The standard InChI is InChI=1S/C19H27ClN2O2/c1-21-11-2-9-19(14-23)10-12-22(13-17(19)21)18(24)8-5-15-3-6-16(20)7-4-15/h3-4,6-7,17,23H,2,5,8-14H2,1H3/t17-,19-/m1/s1. The molecule has 1 aromatic rings. The van der Waals surface area contributed by atoms with Crippen LogP contribution in [0.4, 0.5) is 0 Å². The molecule has 2 heterocycles. The van der Waals surface area contributed by atoms with Gasteiger partial charge in [0.05, 0.1) is 6.61 Å².